The van der Waals surface area contributed by atoms with E-state index in [-0.39, 0.29) is 17.4 Å². The lowest BCUT2D eigenvalue weighted by Crippen LogP contribution is -2.34. The van der Waals surface area contributed by atoms with Gasteiger partial charge >= 0.3 is 0 Å². The minimum absolute atomic E-state index is 0.178. The maximum Gasteiger partial charge on any atom is 0.0722 e. The Morgan fingerprint density at radius 3 is 1.90 bits per heavy atom. The van der Waals surface area contributed by atoms with Crippen molar-refractivity contribution in [1.29, 1.82) is 0 Å². The third-order valence-electron chi connectivity index (χ3n) is 9.29. The third kappa shape index (κ3) is 2.61. The van der Waals surface area contributed by atoms with Gasteiger partial charge in [0.05, 0.1) is 11.5 Å². The standard InChI is InChI=1S/C37H24BrN/c38-23-18-21-34-29(22-23)27-19-20-33-35(36(27)39(34)24-10-2-1-3-11-24)28-14-6-9-17-32(28)37(33)30-15-7-4-12-25(30)26-13-5-8-16-31(26)37/h1-22,27,36H. The molecule has 4 aliphatic rings. The molecule has 5 aromatic carbocycles. The van der Waals surface area contributed by atoms with E-state index >= 15 is 0 Å². The molecule has 39 heavy (non-hydrogen) atoms. The van der Waals surface area contributed by atoms with Crippen LogP contribution >= 0.6 is 15.9 Å². The summed E-state index contributed by atoms with van der Waals surface area (Å²) >= 11 is 3.77. The number of allylic oxidation sites excluding steroid dienone is 2. The Balaban J connectivity index is 1.39. The average molecular weight is 563 g/mol. The van der Waals surface area contributed by atoms with E-state index in [1.54, 1.807) is 0 Å². The number of benzene rings is 5. The Morgan fingerprint density at radius 2 is 1.21 bits per heavy atom. The third-order valence-corrected chi connectivity index (χ3v) is 9.79. The second kappa shape index (κ2) is 7.71. The summed E-state index contributed by atoms with van der Waals surface area (Å²) in [7, 11) is 0. The molecule has 2 atom stereocenters. The normalized spacial score (nSPS) is 20.4. The number of hydrogen-bond donors (Lipinski definition) is 0. The second-order valence-corrected chi connectivity index (χ2v) is 11.9. The Hall–Kier alpha value is -4.14. The van der Waals surface area contributed by atoms with Crippen LogP contribution in [0.15, 0.2) is 144 Å². The van der Waals surface area contributed by atoms with Crippen molar-refractivity contribution >= 4 is 32.9 Å². The van der Waals surface area contributed by atoms with Crippen molar-refractivity contribution in [3.8, 4) is 11.1 Å². The fourth-order valence-electron chi connectivity index (χ4n) is 7.98. The fraction of sp³-hybridized carbons (Fsp3) is 0.0811. The molecule has 1 heterocycles. The Kier molecular flexibility index (Phi) is 4.30. The van der Waals surface area contributed by atoms with Crippen molar-refractivity contribution in [1.82, 2.24) is 0 Å². The van der Waals surface area contributed by atoms with Crippen molar-refractivity contribution in [2.24, 2.45) is 0 Å². The lowest BCUT2D eigenvalue weighted by molar-refractivity contribution is 0.734. The lowest BCUT2D eigenvalue weighted by Gasteiger charge is -2.36. The topological polar surface area (TPSA) is 3.24 Å². The van der Waals surface area contributed by atoms with E-state index in [1.165, 1.54) is 61.5 Å². The van der Waals surface area contributed by atoms with Gasteiger partial charge in [-0.15, -0.1) is 0 Å². The van der Waals surface area contributed by atoms with Gasteiger partial charge in [-0.05, 0) is 80.4 Å². The highest BCUT2D eigenvalue weighted by molar-refractivity contribution is 9.10. The van der Waals surface area contributed by atoms with Gasteiger partial charge in [0.25, 0.3) is 0 Å². The van der Waals surface area contributed by atoms with Crippen LogP contribution in [0, 0.1) is 0 Å². The van der Waals surface area contributed by atoms with Crippen LogP contribution in [0.1, 0.15) is 33.7 Å². The summed E-state index contributed by atoms with van der Waals surface area (Å²) in [5.41, 5.74) is 14.8. The minimum Gasteiger partial charge on any atom is -0.333 e. The molecule has 0 saturated carbocycles. The predicted octanol–water partition coefficient (Wildman–Crippen LogP) is 9.40. The van der Waals surface area contributed by atoms with Crippen LogP contribution in [0.4, 0.5) is 11.4 Å². The lowest BCUT2D eigenvalue weighted by atomic mass is 9.68. The van der Waals surface area contributed by atoms with Crippen LogP contribution in [0.25, 0.3) is 16.7 Å². The zero-order valence-corrected chi connectivity index (χ0v) is 22.8. The van der Waals surface area contributed by atoms with Gasteiger partial charge in [-0.3, -0.25) is 0 Å². The summed E-state index contributed by atoms with van der Waals surface area (Å²) in [5.74, 6) is 0.270. The molecule has 184 valence electrons. The largest absolute Gasteiger partial charge is 0.333 e. The Morgan fingerprint density at radius 1 is 0.615 bits per heavy atom. The number of para-hydroxylation sites is 1. The maximum atomic E-state index is 3.77. The molecule has 0 amide bonds. The molecule has 0 saturated heterocycles. The summed E-state index contributed by atoms with van der Waals surface area (Å²) in [5, 5.41) is 0. The van der Waals surface area contributed by atoms with Crippen molar-refractivity contribution in [3.05, 3.63) is 171 Å². The first-order valence-electron chi connectivity index (χ1n) is 13.6. The SMILES string of the molecule is Brc1ccc2c(c1)C1C=CC3=C(c4ccccc4C34c3ccccc3-c3ccccc34)C1N2c1ccccc1. The number of fused-ring (bicyclic) bond motifs is 13. The Bertz CT molecular complexity index is 1850. The van der Waals surface area contributed by atoms with E-state index in [4.69, 9.17) is 0 Å². The molecule has 0 bridgehead atoms. The first-order chi connectivity index (χ1) is 19.3. The molecule has 9 rings (SSSR count). The van der Waals surface area contributed by atoms with Crippen LogP contribution < -0.4 is 4.90 Å². The molecule has 0 aromatic heterocycles. The summed E-state index contributed by atoms with van der Waals surface area (Å²) in [6.07, 6.45) is 4.95. The van der Waals surface area contributed by atoms with Gasteiger partial charge < -0.3 is 4.90 Å². The van der Waals surface area contributed by atoms with Gasteiger partial charge in [0.15, 0.2) is 0 Å². The summed E-state index contributed by atoms with van der Waals surface area (Å²) in [4.78, 5) is 2.59. The number of halogens is 1. The van der Waals surface area contributed by atoms with Gasteiger partial charge in [-0.1, -0.05) is 119 Å². The molecule has 0 radical (unpaired) electrons. The number of anilines is 2. The van der Waals surface area contributed by atoms with E-state index < -0.39 is 0 Å². The molecule has 5 aromatic rings. The smallest absolute Gasteiger partial charge is 0.0722 e. The quantitative estimate of drug-likeness (QED) is 0.197. The highest BCUT2D eigenvalue weighted by atomic mass is 79.9. The van der Waals surface area contributed by atoms with Gasteiger partial charge in [0, 0.05) is 21.8 Å². The average Bonchev–Trinajstić information content (AvgIpc) is 3.59. The van der Waals surface area contributed by atoms with E-state index in [0.717, 1.165) is 4.47 Å². The molecule has 2 heteroatoms. The van der Waals surface area contributed by atoms with Crippen LogP contribution in [-0.2, 0) is 5.41 Å². The molecule has 3 aliphatic carbocycles. The van der Waals surface area contributed by atoms with E-state index in [1.807, 2.05) is 0 Å². The zero-order chi connectivity index (χ0) is 25.7. The molecule has 1 nitrogen and oxygen atoms in total. The first-order valence-corrected chi connectivity index (χ1v) is 14.4. The highest BCUT2D eigenvalue weighted by Crippen LogP contribution is 2.66. The van der Waals surface area contributed by atoms with Crippen molar-refractivity contribution < 1.29 is 0 Å². The second-order valence-electron chi connectivity index (χ2n) is 11.0. The molecular formula is C37H24BrN. The highest BCUT2D eigenvalue weighted by Gasteiger charge is 2.56. The van der Waals surface area contributed by atoms with Crippen LogP contribution in [0.5, 0.6) is 0 Å². The van der Waals surface area contributed by atoms with E-state index in [2.05, 4.69) is 154 Å². The first kappa shape index (κ1) is 21.8. The number of hydrogen-bond acceptors (Lipinski definition) is 1. The van der Waals surface area contributed by atoms with Crippen LogP contribution in [0.2, 0.25) is 0 Å². The summed E-state index contributed by atoms with van der Waals surface area (Å²) < 4.78 is 1.13. The van der Waals surface area contributed by atoms with Gasteiger partial charge in [0.1, 0.15) is 0 Å². The summed E-state index contributed by atoms with van der Waals surface area (Å²) in [6, 6.07) is 45.2. The molecule has 1 spiro atoms. The maximum absolute atomic E-state index is 3.77. The van der Waals surface area contributed by atoms with Gasteiger partial charge in [-0.2, -0.15) is 0 Å². The molecule has 0 N–H and O–H groups in total. The van der Waals surface area contributed by atoms with Gasteiger partial charge in [-0.25, -0.2) is 0 Å². The van der Waals surface area contributed by atoms with Crippen LogP contribution in [-0.4, -0.2) is 6.04 Å². The van der Waals surface area contributed by atoms with Crippen molar-refractivity contribution in [2.75, 3.05) is 4.90 Å². The predicted molar refractivity (Wildman–Crippen MR) is 164 cm³/mol. The van der Waals surface area contributed by atoms with E-state index in [9.17, 15) is 0 Å². The number of nitrogens with zero attached hydrogens (tertiary/aromatic N) is 1. The number of rotatable bonds is 1. The van der Waals surface area contributed by atoms with Gasteiger partial charge in [0.2, 0.25) is 0 Å². The fourth-order valence-corrected chi connectivity index (χ4v) is 8.36. The minimum atomic E-state index is -0.307. The molecule has 0 fully saturated rings. The Labute approximate surface area is 236 Å². The molecular weight excluding hydrogens is 538 g/mol. The summed E-state index contributed by atoms with van der Waals surface area (Å²) in [6.45, 7) is 0. The zero-order valence-electron chi connectivity index (χ0n) is 21.2. The van der Waals surface area contributed by atoms with Crippen molar-refractivity contribution in [2.45, 2.75) is 17.4 Å². The molecule has 1 aliphatic heterocycles. The van der Waals surface area contributed by atoms with Crippen molar-refractivity contribution in [3.63, 3.8) is 0 Å². The van der Waals surface area contributed by atoms with Crippen LogP contribution in [0.3, 0.4) is 0 Å². The molecule has 2 unspecified atom stereocenters. The monoisotopic (exact) mass is 561 g/mol. The van der Waals surface area contributed by atoms with E-state index in [0.29, 0.717) is 0 Å².